The van der Waals surface area contributed by atoms with E-state index >= 15 is 0 Å². The van der Waals surface area contributed by atoms with Gasteiger partial charge < -0.3 is 15.2 Å². The van der Waals surface area contributed by atoms with Crippen molar-refractivity contribution in [1.29, 1.82) is 0 Å². The molecule has 17 heavy (non-hydrogen) atoms. The van der Waals surface area contributed by atoms with E-state index in [1.807, 2.05) is 0 Å². The molecule has 1 aliphatic heterocycles. The molecule has 1 heterocycles. The van der Waals surface area contributed by atoms with Gasteiger partial charge in [-0.3, -0.25) is 9.69 Å². The molecule has 2 aliphatic rings. The van der Waals surface area contributed by atoms with Gasteiger partial charge in [0, 0.05) is 19.1 Å². The summed E-state index contributed by atoms with van der Waals surface area (Å²) in [5.41, 5.74) is -0.772. The van der Waals surface area contributed by atoms with Crippen LogP contribution in [0.25, 0.3) is 0 Å². The van der Waals surface area contributed by atoms with Gasteiger partial charge in [-0.15, -0.1) is 0 Å². The number of ether oxygens (including phenoxy) is 1. The van der Waals surface area contributed by atoms with E-state index in [0.29, 0.717) is 25.8 Å². The highest BCUT2D eigenvalue weighted by Gasteiger charge is 2.51. The second-order valence-corrected chi connectivity index (χ2v) is 5.20. The van der Waals surface area contributed by atoms with Crippen LogP contribution in [0.5, 0.6) is 0 Å². The summed E-state index contributed by atoms with van der Waals surface area (Å²) in [4.78, 5) is 13.8. The van der Waals surface area contributed by atoms with E-state index in [0.717, 1.165) is 19.4 Å². The molecule has 1 saturated heterocycles. The quantitative estimate of drug-likeness (QED) is 0.719. The van der Waals surface area contributed by atoms with Crippen molar-refractivity contribution in [3.8, 4) is 0 Å². The molecule has 2 rings (SSSR count). The first-order valence-electron chi connectivity index (χ1n) is 6.34. The topological polar surface area (TPSA) is 61.8 Å². The fourth-order valence-electron chi connectivity index (χ4n) is 2.65. The van der Waals surface area contributed by atoms with Crippen LogP contribution >= 0.6 is 0 Å². The lowest BCUT2D eigenvalue weighted by molar-refractivity contribution is -0.148. The molecule has 0 spiro atoms. The summed E-state index contributed by atoms with van der Waals surface area (Å²) in [6, 6.07) is 0.301. The summed E-state index contributed by atoms with van der Waals surface area (Å²) in [5, 5.41) is 12.6. The predicted octanol–water partition coefficient (Wildman–Crippen LogP) is 0.160. The summed E-state index contributed by atoms with van der Waals surface area (Å²) in [5.74, 6) is -0.443. The Labute approximate surface area is 102 Å². The van der Waals surface area contributed by atoms with Crippen LogP contribution in [-0.2, 0) is 9.53 Å². The minimum Gasteiger partial charge on any atom is -0.480 e. The van der Waals surface area contributed by atoms with E-state index < -0.39 is 11.5 Å². The maximum atomic E-state index is 11.6. The van der Waals surface area contributed by atoms with Crippen LogP contribution in [0.3, 0.4) is 0 Å². The van der Waals surface area contributed by atoms with Crippen LogP contribution in [0.4, 0.5) is 0 Å². The van der Waals surface area contributed by atoms with Gasteiger partial charge in [0.2, 0.25) is 0 Å². The summed E-state index contributed by atoms with van der Waals surface area (Å²) < 4.78 is 5.39. The highest BCUT2D eigenvalue weighted by molar-refractivity contribution is 5.80. The molecule has 0 aromatic heterocycles. The zero-order chi connectivity index (χ0) is 12.5. The van der Waals surface area contributed by atoms with Gasteiger partial charge in [0.1, 0.15) is 5.54 Å². The van der Waals surface area contributed by atoms with Gasteiger partial charge in [0.05, 0.1) is 13.2 Å². The Bertz CT molecular complexity index is 293. The zero-order valence-corrected chi connectivity index (χ0v) is 10.6. The number of hydrogen-bond acceptors (Lipinski definition) is 4. The molecule has 0 aromatic carbocycles. The minimum absolute atomic E-state index is 0.278. The third-order valence-corrected chi connectivity index (χ3v) is 4.06. The number of likely N-dealkylation sites (N-methyl/N-ethyl adjacent to an activating group) is 1. The largest absolute Gasteiger partial charge is 0.480 e. The molecule has 1 aliphatic carbocycles. The Morgan fingerprint density at radius 1 is 1.59 bits per heavy atom. The number of hydrogen-bond donors (Lipinski definition) is 2. The average molecular weight is 242 g/mol. The lowest BCUT2D eigenvalue weighted by Gasteiger charge is -2.40. The third-order valence-electron chi connectivity index (χ3n) is 4.06. The second-order valence-electron chi connectivity index (χ2n) is 5.20. The van der Waals surface area contributed by atoms with Gasteiger partial charge in [-0.05, 0) is 32.7 Å². The third kappa shape index (κ3) is 2.46. The standard InChI is InChI=1S/C12H22N2O3/c1-9-7-17-6-5-14(9)8-12(13-2,11(15)16)10-3-4-10/h9-10,13H,3-8H2,1-2H3,(H,15,16). The Balaban J connectivity index is 2.08. The van der Waals surface area contributed by atoms with Crippen LogP contribution in [0.15, 0.2) is 0 Å². The molecule has 98 valence electrons. The molecule has 0 radical (unpaired) electrons. The summed E-state index contributed by atoms with van der Waals surface area (Å²) in [6.45, 7) is 4.89. The number of carbonyl (C=O) groups is 1. The molecule has 0 amide bonds. The maximum absolute atomic E-state index is 11.6. The fraction of sp³-hybridized carbons (Fsp3) is 0.917. The van der Waals surface area contributed by atoms with E-state index in [-0.39, 0.29) is 5.92 Å². The van der Waals surface area contributed by atoms with Crippen molar-refractivity contribution in [3.05, 3.63) is 0 Å². The molecule has 5 nitrogen and oxygen atoms in total. The van der Waals surface area contributed by atoms with Gasteiger partial charge in [0.15, 0.2) is 0 Å². The molecule has 0 aromatic rings. The number of nitrogens with one attached hydrogen (secondary N) is 1. The van der Waals surface area contributed by atoms with Crippen molar-refractivity contribution in [1.82, 2.24) is 10.2 Å². The molecule has 1 saturated carbocycles. The van der Waals surface area contributed by atoms with Crippen molar-refractivity contribution >= 4 is 5.97 Å². The minimum atomic E-state index is -0.772. The Morgan fingerprint density at radius 3 is 2.76 bits per heavy atom. The normalized spacial score (nSPS) is 29.9. The molecule has 2 N–H and O–H groups in total. The smallest absolute Gasteiger partial charge is 0.325 e. The van der Waals surface area contributed by atoms with E-state index in [9.17, 15) is 9.90 Å². The number of nitrogens with zero attached hydrogens (tertiary/aromatic N) is 1. The first-order chi connectivity index (χ1) is 8.10. The van der Waals surface area contributed by atoms with Gasteiger partial charge >= 0.3 is 5.97 Å². The number of carboxylic acid groups (broad SMARTS) is 1. The van der Waals surface area contributed by atoms with Crippen LogP contribution < -0.4 is 5.32 Å². The Morgan fingerprint density at radius 2 is 2.29 bits per heavy atom. The van der Waals surface area contributed by atoms with E-state index in [4.69, 9.17) is 4.74 Å². The van der Waals surface area contributed by atoms with E-state index in [2.05, 4.69) is 17.1 Å². The summed E-state index contributed by atoms with van der Waals surface area (Å²) in [7, 11) is 1.76. The van der Waals surface area contributed by atoms with Crippen LogP contribution in [0, 0.1) is 5.92 Å². The van der Waals surface area contributed by atoms with Crippen molar-refractivity contribution in [2.75, 3.05) is 33.4 Å². The molecule has 2 unspecified atom stereocenters. The van der Waals surface area contributed by atoms with Gasteiger partial charge in [-0.25, -0.2) is 0 Å². The molecular weight excluding hydrogens is 220 g/mol. The molecule has 2 atom stereocenters. The Hall–Kier alpha value is -0.650. The van der Waals surface area contributed by atoms with Crippen molar-refractivity contribution in [3.63, 3.8) is 0 Å². The Kier molecular flexibility index (Phi) is 3.70. The molecule has 0 bridgehead atoms. The summed E-state index contributed by atoms with van der Waals surface area (Å²) >= 11 is 0. The van der Waals surface area contributed by atoms with Gasteiger partial charge in [0.25, 0.3) is 0 Å². The van der Waals surface area contributed by atoms with Crippen molar-refractivity contribution in [2.24, 2.45) is 5.92 Å². The van der Waals surface area contributed by atoms with Crippen LogP contribution in [0.1, 0.15) is 19.8 Å². The van der Waals surface area contributed by atoms with Gasteiger partial charge in [-0.1, -0.05) is 0 Å². The SMILES string of the molecule is CNC(CN1CCOCC1C)(C(=O)O)C1CC1. The first-order valence-corrected chi connectivity index (χ1v) is 6.34. The lowest BCUT2D eigenvalue weighted by atomic mass is 9.92. The van der Waals surface area contributed by atoms with Crippen molar-refractivity contribution in [2.45, 2.75) is 31.3 Å². The fourth-order valence-corrected chi connectivity index (χ4v) is 2.65. The average Bonchev–Trinajstić information content (AvgIpc) is 3.12. The molecular formula is C12H22N2O3. The number of morpholine rings is 1. The number of aliphatic carboxylic acids is 1. The van der Waals surface area contributed by atoms with Crippen molar-refractivity contribution < 1.29 is 14.6 Å². The molecule has 5 heteroatoms. The maximum Gasteiger partial charge on any atom is 0.325 e. The highest BCUT2D eigenvalue weighted by Crippen LogP contribution is 2.40. The number of rotatable bonds is 5. The highest BCUT2D eigenvalue weighted by atomic mass is 16.5. The summed E-state index contributed by atoms with van der Waals surface area (Å²) in [6.07, 6.45) is 2.04. The number of carboxylic acids is 1. The van der Waals surface area contributed by atoms with E-state index in [1.54, 1.807) is 7.05 Å². The monoisotopic (exact) mass is 242 g/mol. The zero-order valence-electron chi connectivity index (χ0n) is 10.6. The van der Waals surface area contributed by atoms with Gasteiger partial charge in [-0.2, -0.15) is 0 Å². The molecule has 2 fully saturated rings. The van der Waals surface area contributed by atoms with Crippen LogP contribution in [0.2, 0.25) is 0 Å². The first kappa shape index (κ1) is 12.8. The van der Waals surface area contributed by atoms with Crippen LogP contribution in [-0.4, -0.2) is 60.9 Å². The van der Waals surface area contributed by atoms with E-state index in [1.165, 1.54) is 0 Å². The predicted molar refractivity (Wildman–Crippen MR) is 64.0 cm³/mol. The lowest BCUT2D eigenvalue weighted by Crippen LogP contribution is -2.62. The second kappa shape index (κ2) is 4.92.